The van der Waals surface area contributed by atoms with Crippen molar-refractivity contribution < 1.29 is 18.7 Å². The highest BCUT2D eigenvalue weighted by Crippen LogP contribution is 2.34. The zero-order valence-corrected chi connectivity index (χ0v) is 25.6. The monoisotopic (exact) mass is 654 g/mol. The number of nitrogens with zero attached hydrogens (tertiary/aromatic N) is 2. The number of benzene rings is 3. The second-order valence-corrected chi connectivity index (χ2v) is 11.7. The van der Waals surface area contributed by atoms with E-state index in [1.165, 1.54) is 23.5 Å². The molecule has 1 aromatic heterocycles. The van der Waals surface area contributed by atoms with Gasteiger partial charge in [0.2, 0.25) is 0 Å². The maximum absolute atomic E-state index is 14.0. The molecule has 0 bridgehead atoms. The first-order valence-corrected chi connectivity index (χ1v) is 14.8. The van der Waals surface area contributed by atoms with Crippen LogP contribution in [0, 0.1) is 12.7 Å². The van der Waals surface area contributed by atoms with Crippen molar-refractivity contribution >= 4 is 50.9 Å². The Hall–Kier alpha value is -3.53. The number of aromatic nitrogens is 1. The lowest BCUT2D eigenvalue weighted by atomic mass is 9.95. The summed E-state index contributed by atoms with van der Waals surface area (Å²) < 4.78 is 27.3. The van der Waals surface area contributed by atoms with Crippen molar-refractivity contribution in [3.8, 4) is 5.75 Å². The molecule has 2 heterocycles. The van der Waals surface area contributed by atoms with Gasteiger partial charge in [0.05, 0.1) is 32.9 Å². The van der Waals surface area contributed by atoms with Gasteiger partial charge < -0.3 is 9.47 Å². The van der Waals surface area contributed by atoms with Crippen LogP contribution in [-0.2, 0) is 16.1 Å². The average molecular weight is 656 g/mol. The quantitative estimate of drug-likeness (QED) is 0.221. The summed E-state index contributed by atoms with van der Waals surface area (Å²) in [6, 6.07) is 16.4. The molecule has 1 aliphatic rings. The number of fused-ring (bicyclic) bond motifs is 1. The summed E-state index contributed by atoms with van der Waals surface area (Å²) in [5, 5.41) is 0.447. The Bertz CT molecular complexity index is 1850. The number of thiazole rings is 1. The fourth-order valence-electron chi connectivity index (χ4n) is 4.57. The second-order valence-electron chi connectivity index (χ2n) is 9.43. The highest BCUT2D eigenvalue weighted by molar-refractivity contribution is 9.10. The highest BCUT2D eigenvalue weighted by Gasteiger charge is 2.33. The number of rotatable bonds is 7. The van der Waals surface area contributed by atoms with Crippen LogP contribution in [-0.4, -0.2) is 17.1 Å². The van der Waals surface area contributed by atoms with Crippen LogP contribution in [0.3, 0.4) is 0 Å². The van der Waals surface area contributed by atoms with E-state index in [1.54, 1.807) is 48.8 Å². The molecule has 1 atom stereocenters. The van der Waals surface area contributed by atoms with E-state index in [4.69, 9.17) is 21.1 Å². The molecule has 0 N–H and O–H groups in total. The van der Waals surface area contributed by atoms with Gasteiger partial charge in [0.25, 0.3) is 5.56 Å². The van der Waals surface area contributed by atoms with E-state index in [1.807, 2.05) is 31.2 Å². The van der Waals surface area contributed by atoms with Crippen LogP contribution in [0.1, 0.15) is 42.1 Å². The van der Waals surface area contributed by atoms with Crippen molar-refractivity contribution in [2.45, 2.75) is 33.4 Å². The Morgan fingerprint density at radius 1 is 1.15 bits per heavy atom. The standard InChI is InChI=1S/C31H25BrClFN2O4S/c1-4-39-30(38)26-18(3)35-31-36(27(26)20-9-5-17(2)6-10-20)29(37)25(41-31)14-21-13-22(33)15-24(32)28(21)40-16-19-7-11-23(34)12-8-19/h5-15,27H,4,16H2,1-3H3/b25-14-/t27-/m0/s1. The van der Waals surface area contributed by atoms with E-state index in [-0.39, 0.29) is 24.6 Å². The molecule has 1 aliphatic heterocycles. The highest BCUT2D eigenvalue weighted by atomic mass is 79.9. The van der Waals surface area contributed by atoms with Crippen LogP contribution in [0.5, 0.6) is 5.75 Å². The minimum Gasteiger partial charge on any atom is -0.487 e. The van der Waals surface area contributed by atoms with Crippen LogP contribution in [0.2, 0.25) is 5.02 Å². The number of esters is 1. The van der Waals surface area contributed by atoms with Crippen molar-refractivity contribution in [1.82, 2.24) is 4.57 Å². The Kier molecular flexibility index (Phi) is 8.58. The molecule has 3 aromatic carbocycles. The van der Waals surface area contributed by atoms with E-state index in [9.17, 15) is 14.0 Å². The molecule has 0 amide bonds. The van der Waals surface area contributed by atoms with Crippen LogP contribution in [0.4, 0.5) is 4.39 Å². The molecule has 210 valence electrons. The molecule has 0 unspecified atom stereocenters. The fourth-order valence-corrected chi connectivity index (χ4v) is 6.56. The number of carbonyl (C=O) groups excluding carboxylic acids is 1. The van der Waals surface area contributed by atoms with Gasteiger partial charge in [-0.15, -0.1) is 0 Å². The maximum atomic E-state index is 14.0. The number of ether oxygens (including phenoxy) is 2. The first-order valence-electron chi connectivity index (χ1n) is 12.8. The Balaban J connectivity index is 1.64. The number of aryl methyl sites for hydroxylation is 1. The third-order valence-electron chi connectivity index (χ3n) is 6.53. The SMILES string of the molecule is CCOC(=O)C1=C(C)N=c2s/c(=C\c3cc(Cl)cc(Br)c3OCc3ccc(F)cc3)c(=O)n2[C@H]1c1ccc(C)cc1. The van der Waals surface area contributed by atoms with Crippen molar-refractivity contribution in [3.05, 3.63) is 129 Å². The fraction of sp³-hybridized carbons (Fsp3) is 0.194. The van der Waals surface area contributed by atoms with Crippen molar-refractivity contribution in [2.75, 3.05) is 6.61 Å². The second kappa shape index (κ2) is 12.1. The molecule has 0 fully saturated rings. The first-order chi connectivity index (χ1) is 19.7. The molecule has 5 rings (SSSR count). The number of carbonyl (C=O) groups is 1. The third-order valence-corrected chi connectivity index (χ3v) is 8.32. The predicted octanol–water partition coefficient (Wildman–Crippen LogP) is 6.24. The lowest BCUT2D eigenvalue weighted by Gasteiger charge is -2.24. The molecule has 0 spiro atoms. The smallest absolute Gasteiger partial charge is 0.338 e. The maximum Gasteiger partial charge on any atom is 0.338 e. The molecule has 6 nitrogen and oxygen atoms in total. The van der Waals surface area contributed by atoms with Crippen LogP contribution >= 0.6 is 38.9 Å². The number of halogens is 3. The summed E-state index contributed by atoms with van der Waals surface area (Å²) in [5.41, 5.74) is 3.69. The van der Waals surface area contributed by atoms with Crippen LogP contribution in [0.25, 0.3) is 6.08 Å². The van der Waals surface area contributed by atoms with Crippen molar-refractivity contribution in [2.24, 2.45) is 4.99 Å². The molecular weight excluding hydrogens is 631 g/mol. The van der Waals surface area contributed by atoms with E-state index in [0.717, 1.165) is 16.7 Å². The third kappa shape index (κ3) is 6.07. The lowest BCUT2D eigenvalue weighted by Crippen LogP contribution is -2.39. The van der Waals surface area contributed by atoms with Crippen molar-refractivity contribution in [1.29, 1.82) is 0 Å². The minimum atomic E-state index is -0.701. The average Bonchev–Trinajstić information content (AvgIpc) is 3.23. The van der Waals surface area contributed by atoms with Crippen molar-refractivity contribution in [3.63, 3.8) is 0 Å². The van der Waals surface area contributed by atoms with E-state index in [0.29, 0.717) is 41.4 Å². The number of hydrogen-bond acceptors (Lipinski definition) is 6. The Morgan fingerprint density at radius 2 is 1.85 bits per heavy atom. The van der Waals surface area contributed by atoms with Gasteiger partial charge in [-0.3, -0.25) is 9.36 Å². The van der Waals surface area contributed by atoms with E-state index >= 15 is 0 Å². The van der Waals surface area contributed by atoms with Gasteiger partial charge in [-0.1, -0.05) is 64.9 Å². The lowest BCUT2D eigenvalue weighted by molar-refractivity contribution is -0.139. The first kappa shape index (κ1) is 29.0. The van der Waals surface area contributed by atoms with Crippen LogP contribution < -0.4 is 19.6 Å². The molecule has 0 saturated heterocycles. The summed E-state index contributed by atoms with van der Waals surface area (Å²) in [6.45, 7) is 5.84. The van der Waals surface area contributed by atoms with E-state index < -0.39 is 12.0 Å². The Labute approximate surface area is 253 Å². The zero-order valence-electron chi connectivity index (χ0n) is 22.4. The molecule has 0 aliphatic carbocycles. The molecule has 10 heteroatoms. The van der Waals surface area contributed by atoms with Gasteiger partial charge in [0.15, 0.2) is 4.80 Å². The minimum absolute atomic E-state index is 0.179. The van der Waals surface area contributed by atoms with Gasteiger partial charge in [-0.25, -0.2) is 14.2 Å². The van der Waals surface area contributed by atoms with Crippen LogP contribution in [0.15, 0.2) is 86.2 Å². The molecule has 4 aromatic rings. The summed E-state index contributed by atoms with van der Waals surface area (Å²) in [4.78, 5) is 32.2. The molecule has 0 radical (unpaired) electrons. The molecule has 41 heavy (non-hydrogen) atoms. The van der Waals surface area contributed by atoms with E-state index in [2.05, 4.69) is 20.9 Å². The summed E-state index contributed by atoms with van der Waals surface area (Å²) in [5.74, 6) is -0.366. The summed E-state index contributed by atoms with van der Waals surface area (Å²) in [6.07, 6.45) is 1.70. The molecular formula is C31H25BrClFN2O4S. The Morgan fingerprint density at radius 3 is 2.54 bits per heavy atom. The van der Waals surface area contributed by atoms with Gasteiger partial charge in [-0.05, 0) is 78.2 Å². The van der Waals surface area contributed by atoms with Gasteiger partial charge >= 0.3 is 5.97 Å². The normalized spacial score (nSPS) is 15.0. The van der Waals surface area contributed by atoms with Gasteiger partial charge in [-0.2, -0.15) is 0 Å². The summed E-state index contributed by atoms with van der Waals surface area (Å²) >= 11 is 11.1. The molecule has 0 saturated carbocycles. The number of allylic oxidation sites excluding steroid dienone is 1. The summed E-state index contributed by atoms with van der Waals surface area (Å²) in [7, 11) is 0. The van der Waals surface area contributed by atoms with Gasteiger partial charge in [0.1, 0.15) is 18.2 Å². The topological polar surface area (TPSA) is 69.9 Å². The largest absolute Gasteiger partial charge is 0.487 e. The zero-order chi connectivity index (χ0) is 29.3. The number of hydrogen-bond donors (Lipinski definition) is 0. The van der Waals surface area contributed by atoms with Gasteiger partial charge in [0, 0.05) is 10.6 Å². The predicted molar refractivity (Wildman–Crippen MR) is 161 cm³/mol.